The Balaban J connectivity index is 1.96. The molecule has 0 aliphatic rings. The summed E-state index contributed by atoms with van der Waals surface area (Å²) in [5.74, 6) is 1.55. The monoisotopic (exact) mass is 306 g/mol. The molecule has 112 valence electrons. The number of halogens is 1. The first-order chi connectivity index (χ1) is 10.1. The smallest absolute Gasteiger partial charge is 0.194 e. The molecule has 21 heavy (non-hydrogen) atoms. The van der Waals surface area contributed by atoms with Gasteiger partial charge in [-0.05, 0) is 18.6 Å². The Morgan fingerprint density at radius 2 is 2.19 bits per heavy atom. The van der Waals surface area contributed by atoms with Crippen LogP contribution in [0.1, 0.15) is 17.0 Å². The Labute approximate surface area is 129 Å². The van der Waals surface area contributed by atoms with E-state index in [-0.39, 0.29) is 0 Å². The Morgan fingerprint density at radius 1 is 1.43 bits per heavy atom. The largest absolute Gasteiger partial charge is 0.359 e. The minimum atomic E-state index is 0.542. The number of hydrogen-bond donors (Lipinski definition) is 1. The van der Waals surface area contributed by atoms with E-state index in [1.807, 2.05) is 49.2 Å². The summed E-state index contributed by atoms with van der Waals surface area (Å²) in [4.78, 5) is 6.27. The number of benzene rings is 1. The first kappa shape index (κ1) is 15.4. The van der Waals surface area contributed by atoms with E-state index in [9.17, 15) is 0 Å². The highest BCUT2D eigenvalue weighted by Crippen LogP contribution is 2.16. The molecule has 1 aromatic heterocycles. The minimum absolute atomic E-state index is 0.542. The summed E-state index contributed by atoms with van der Waals surface area (Å²) in [6.07, 6.45) is 0. The fourth-order valence-corrected chi connectivity index (χ4v) is 2.20. The standard InChI is InChI=1S/C15H19ClN4O/c1-11-8-13(21-19-11)9-18-15(17-2)20(3)10-12-6-4-5-7-14(12)16/h4-8H,9-10H2,1-3H3,(H,17,18). The highest BCUT2D eigenvalue weighted by Gasteiger charge is 2.09. The summed E-state index contributed by atoms with van der Waals surface area (Å²) in [6, 6.07) is 9.69. The van der Waals surface area contributed by atoms with Crippen molar-refractivity contribution in [2.45, 2.75) is 20.0 Å². The Hall–Kier alpha value is -2.01. The molecule has 0 amide bonds. The molecule has 0 saturated carbocycles. The lowest BCUT2D eigenvalue weighted by Crippen LogP contribution is -2.38. The van der Waals surface area contributed by atoms with Crippen molar-refractivity contribution in [3.05, 3.63) is 52.4 Å². The number of nitrogens with one attached hydrogen (secondary N) is 1. The van der Waals surface area contributed by atoms with Gasteiger partial charge in [0.05, 0.1) is 12.2 Å². The number of nitrogens with zero attached hydrogens (tertiary/aromatic N) is 3. The molecule has 0 aliphatic carbocycles. The number of guanidine groups is 1. The number of aromatic nitrogens is 1. The topological polar surface area (TPSA) is 53.7 Å². The fourth-order valence-electron chi connectivity index (χ4n) is 2.01. The van der Waals surface area contributed by atoms with Gasteiger partial charge in [0.15, 0.2) is 11.7 Å². The highest BCUT2D eigenvalue weighted by molar-refractivity contribution is 6.31. The zero-order valence-electron chi connectivity index (χ0n) is 12.4. The second-order valence-electron chi connectivity index (χ2n) is 4.78. The zero-order chi connectivity index (χ0) is 15.2. The molecule has 0 spiro atoms. The zero-order valence-corrected chi connectivity index (χ0v) is 13.2. The second kappa shape index (κ2) is 7.13. The predicted octanol–water partition coefficient (Wildman–Crippen LogP) is 2.84. The molecule has 0 saturated heterocycles. The van der Waals surface area contributed by atoms with Crippen LogP contribution >= 0.6 is 11.6 Å². The lowest BCUT2D eigenvalue weighted by molar-refractivity contribution is 0.373. The van der Waals surface area contributed by atoms with Crippen molar-refractivity contribution < 1.29 is 4.52 Å². The molecule has 0 unspecified atom stereocenters. The minimum Gasteiger partial charge on any atom is -0.359 e. The van der Waals surface area contributed by atoms with Crippen LogP contribution in [-0.2, 0) is 13.1 Å². The van der Waals surface area contributed by atoms with E-state index in [2.05, 4.69) is 15.5 Å². The van der Waals surface area contributed by atoms with Gasteiger partial charge >= 0.3 is 0 Å². The predicted molar refractivity (Wildman–Crippen MR) is 84.4 cm³/mol. The molecule has 6 heteroatoms. The van der Waals surface area contributed by atoms with Crippen LogP contribution in [0.15, 0.2) is 39.8 Å². The van der Waals surface area contributed by atoms with Crippen molar-refractivity contribution in [2.24, 2.45) is 4.99 Å². The van der Waals surface area contributed by atoms with Crippen LogP contribution in [0.4, 0.5) is 0 Å². The van der Waals surface area contributed by atoms with Crippen molar-refractivity contribution >= 4 is 17.6 Å². The van der Waals surface area contributed by atoms with Gasteiger partial charge in [-0.15, -0.1) is 0 Å². The van der Waals surface area contributed by atoms with E-state index >= 15 is 0 Å². The van der Waals surface area contributed by atoms with Gasteiger partial charge < -0.3 is 14.7 Å². The molecule has 0 fully saturated rings. The van der Waals surface area contributed by atoms with E-state index in [0.29, 0.717) is 13.1 Å². The molecule has 1 heterocycles. The molecular formula is C15H19ClN4O. The molecule has 0 atom stereocenters. The van der Waals surface area contributed by atoms with Gasteiger partial charge in [-0.25, -0.2) is 0 Å². The van der Waals surface area contributed by atoms with Gasteiger partial charge in [0.25, 0.3) is 0 Å². The Kier molecular flexibility index (Phi) is 5.22. The highest BCUT2D eigenvalue weighted by atomic mass is 35.5. The van der Waals surface area contributed by atoms with E-state index < -0.39 is 0 Å². The maximum atomic E-state index is 6.18. The summed E-state index contributed by atoms with van der Waals surface area (Å²) >= 11 is 6.18. The van der Waals surface area contributed by atoms with E-state index in [1.54, 1.807) is 7.05 Å². The van der Waals surface area contributed by atoms with Gasteiger partial charge in [0, 0.05) is 31.7 Å². The normalized spacial score (nSPS) is 11.5. The SMILES string of the molecule is CN=C(NCc1cc(C)no1)N(C)Cc1ccccc1Cl. The summed E-state index contributed by atoms with van der Waals surface area (Å²) < 4.78 is 5.17. The van der Waals surface area contributed by atoms with Crippen molar-refractivity contribution in [1.29, 1.82) is 0 Å². The molecule has 0 radical (unpaired) electrons. The lowest BCUT2D eigenvalue weighted by Gasteiger charge is -2.22. The number of aliphatic imine (C=N–C) groups is 1. The van der Waals surface area contributed by atoms with E-state index in [4.69, 9.17) is 16.1 Å². The van der Waals surface area contributed by atoms with Crippen molar-refractivity contribution in [1.82, 2.24) is 15.4 Å². The number of aryl methyl sites for hydroxylation is 1. The van der Waals surface area contributed by atoms with Gasteiger partial charge in [-0.3, -0.25) is 4.99 Å². The van der Waals surface area contributed by atoms with E-state index in [1.165, 1.54) is 0 Å². The van der Waals surface area contributed by atoms with Gasteiger partial charge in [0.1, 0.15) is 0 Å². The van der Waals surface area contributed by atoms with Crippen LogP contribution in [0, 0.1) is 6.92 Å². The van der Waals surface area contributed by atoms with Gasteiger partial charge in [-0.1, -0.05) is 35.0 Å². The summed E-state index contributed by atoms with van der Waals surface area (Å²) in [6.45, 7) is 3.11. The van der Waals surface area contributed by atoms with E-state index in [0.717, 1.165) is 28.0 Å². The summed E-state index contributed by atoms with van der Waals surface area (Å²) in [5, 5.41) is 7.85. The molecule has 2 aromatic rings. The fraction of sp³-hybridized carbons (Fsp3) is 0.333. The first-order valence-electron chi connectivity index (χ1n) is 6.67. The second-order valence-corrected chi connectivity index (χ2v) is 5.19. The maximum Gasteiger partial charge on any atom is 0.194 e. The van der Waals surface area contributed by atoms with Crippen molar-refractivity contribution in [3.63, 3.8) is 0 Å². The summed E-state index contributed by atoms with van der Waals surface area (Å²) in [7, 11) is 3.71. The number of rotatable bonds is 4. The van der Waals surface area contributed by atoms with Crippen LogP contribution in [0.3, 0.4) is 0 Å². The molecule has 1 aromatic carbocycles. The first-order valence-corrected chi connectivity index (χ1v) is 7.05. The number of hydrogen-bond acceptors (Lipinski definition) is 3. The Morgan fingerprint density at radius 3 is 2.81 bits per heavy atom. The van der Waals surface area contributed by atoms with Crippen LogP contribution < -0.4 is 5.32 Å². The third-order valence-electron chi connectivity index (χ3n) is 3.04. The average molecular weight is 307 g/mol. The average Bonchev–Trinajstić information content (AvgIpc) is 2.88. The summed E-state index contributed by atoms with van der Waals surface area (Å²) in [5.41, 5.74) is 1.92. The van der Waals surface area contributed by atoms with Crippen molar-refractivity contribution in [2.75, 3.05) is 14.1 Å². The molecule has 0 aliphatic heterocycles. The van der Waals surface area contributed by atoms with Crippen LogP contribution in [0.2, 0.25) is 5.02 Å². The van der Waals surface area contributed by atoms with Crippen LogP contribution in [0.5, 0.6) is 0 Å². The van der Waals surface area contributed by atoms with Crippen LogP contribution in [-0.4, -0.2) is 30.1 Å². The Bertz CT molecular complexity index is 624. The molecule has 2 rings (SSSR count). The lowest BCUT2D eigenvalue weighted by atomic mass is 10.2. The molecule has 5 nitrogen and oxygen atoms in total. The van der Waals surface area contributed by atoms with Crippen LogP contribution in [0.25, 0.3) is 0 Å². The quantitative estimate of drug-likeness (QED) is 0.697. The third kappa shape index (κ3) is 4.23. The molecule has 0 bridgehead atoms. The van der Waals surface area contributed by atoms with Gasteiger partial charge in [-0.2, -0.15) is 0 Å². The molecular weight excluding hydrogens is 288 g/mol. The van der Waals surface area contributed by atoms with Crippen molar-refractivity contribution in [3.8, 4) is 0 Å². The third-order valence-corrected chi connectivity index (χ3v) is 3.40. The molecule has 1 N–H and O–H groups in total. The van der Waals surface area contributed by atoms with Gasteiger partial charge in [0.2, 0.25) is 0 Å². The maximum absolute atomic E-state index is 6.18.